The minimum Gasteiger partial charge on any atom is -0.491 e. The van der Waals surface area contributed by atoms with Crippen LogP contribution in [0.5, 0.6) is 11.6 Å². The Morgan fingerprint density at radius 3 is 3.12 bits per heavy atom. The van der Waals surface area contributed by atoms with Crippen LogP contribution in [0.3, 0.4) is 0 Å². The molecule has 0 aromatic carbocycles. The lowest BCUT2D eigenvalue weighted by Crippen LogP contribution is -2.18. The van der Waals surface area contributed by atoms with Gasteiger partial charge < -0.3 is 9.47 Å². The SMILES string of the molecule is COc1ccc2ncc3c(c2n1)CC(C)CO3. The average Bonchev–Trinajstić information content (AvgIpc) is 2.38. The van der Waals surface area contributed by atoms with Gasteiger partial charge in [0.1, 0.15) is 5.75 Å². The highest BCUT2D eigenvalue weighted by Gasteiger charge is 2.20. The summed E-state index contributed by atoms with van der Waals surface area (Å²) in [6, 6.07) is 3.76. The van der Waals surface area contributed by atoms with E-state index >= 15 is 0 Å². The molecule has 88 valence electrons. The van der Waals surface area contributed by atoms with E-state index < -0.39 is 0 Å². The summed E-state index contributed by atoms with van der Waals surface area (Å²) in [6.45, 7) is 2.93. The third-order valence-electron chi connectivity index (χ3n) is 3.04. The smallest absolute Gasteiger partial charge is 0.213 e. The quantitative estimate of drug-likeness (QED) is 0.753. The maximum Gasteiger partial charge on any atom is 0.213 e. The van der Waals surface area contributed by atoms with Gasteiger partial charge in [0.05, 0.1) is 30.9 Å². The Kier molecular flexibility index (Phi) is 2.35. The molecule has 2 aromatic rings. The zero-order chi connectivity index (χ0) is 11.8. The number of fused-ring (bicyclic) bond motifs is 3. The molecule has 3 rings (SSSR count). The number of methoxy groups -OCH3 is 1. The van der Waals surface area contributed by atoms with E-state index in [1.54, 1.807) is 13.3 Å². The van der Waals surface area contributed by atoms with Gasteiger partial charge in [-0.3, -0.25) is 4.98 Å². The summed E-state index contributed by atoms with van der Waals surface area (Å²) in [4.78, 5) is 8.83. The van der Waals surface area contributed by atoms with E-state index in [2.05, 4.69) is 16.9 Å². The Bertz CT molecular complexity index is 563. The van der Waals surface area contributed by atoms with Gasteiger partial charge in [-0.2, -0.15) is 0 Å². The highest BCUT2D eigenvalue weighted by Crippen LogP contribution is 2.32. The van der Waals surface area contributed by atoms with Gasteiger partial charge in [0.2, 0.25) is 5.88 Å². The van der Waals surface area contributed by atoms with Crippen LogP contribution < -0.4 is 9.47 Å². The molecule has 1 aliphatic heterocycles. The molecule has 17 heavy (non-hydrogen) atoms. The van der Waals surface area contributed by atoms with Gasteiger partial charge in [0.15, 0.2) is 0 Å². The Morgan fingerprint density at radius 2 is 2.29 bits per heavy atom. The topological polar surface area (TPSA) is 44.2 Å². The van der Waals surface area contributed by atoms with Crippen molar-refractivity contribution in [3.05, 3.63) is 23.9 Å². The van der Waals surface area contributed by atoms with Gasteiger partial charge in [-0.1, -0.05) is 6.92 Å². The minimum absolute atomic E-state index is 0.515. The van der Waals surface area contributed by atoms with Crippen LogP contribution in [0.4, 0.5) is 0 Å². The third kappa shape index (κ3) is 1.69. The van der Waals surface area contributed by atoms with E-state index in [0.29, 0.717) is 11.8 Å². The van der Waals surface area contributed by atoms with Crippen molar-refractivity contribution in [3.8, 4) is 11.6 Å². The molecular formula is C13H14N2O2. The summed E-state index contributed by atoms with van der Waals surface area (Å²) >= 11 is 0. The monoisotopic (exact) mass is 230 g/mol. The first-order chi connectivity index (χ1) is 8.28. The first-order valence-electron chi connectivity index (χ1n) is 5.73. The van der Waals surface area contributed by atoms with Crippen molar-refractivity contribution in [2.24, 2.45) is 5.92 Å². The van der Waals surface area contributed by atoms with E-state index in [-0.39, 0.29) is 0 Å². The Balaban J connectivity index is 2.24. The van der Waals surface area contributed by atoms with E-state index in [4.69, 9.17) is 9.47 Å². The standard InChI is InChI=1S/C13H14N2O2/c1-8-5-9-11(17-7-8)6-14-10-3-4-12(16-2)15-13(9)10/h3-4,6,8H,5,7H2,1-2H3. The third-order valence-corrected chi connectivity index (χ3v) is 3.04. The van der Waals surface area contributed by atoms with Gasteiger partial charge in [0, 0.05) is 11.6 Å². The molecule has 1 aliphatic rings. The molecule has 1 atom stereocenters. The van der Waals surface area contributed by atoms with Crippen LogP contribution >= 0.6 is 0 Å². The van der Waals surface area contributed by atoms with E-state index in [1.807, 2.05) is 12.1 Å². The summed E-state index contributed by atoms with van der Waals surface area (Å²) in [5.74, 6) is 1.99. The number of nitrogens with zero attached hydrogens (tertiary/aromatic N) is 2. The van der Waals surface area contributed by atoms with Gasteiger partial charge in [0.25, 0.3) is 0 Å². The predicted octanol–water partition coefficient (Wildman–Crippen LogP) is 2.21. The molecule has 0 N–H and O–H groups in total. The zero-order valence-electron chi connectivity index (χ0n) is 9.93. The second-order valence-electron chi connectivity index (χ2n) is 4.44. The second kappa shape index (κ2) is 3.87. The van der Waals surface area contributed by atoms with Crippen molar-refractivity contribution in [1.82, 2.24) is 9.97 Å². The van der Waals surface area contributed by atoms with Crippen LogP contribution in [-0.2, 0) is 6.42 Å². The Morgan fingerprint density at radius 1 is 1.41 bits per heavy atom. The van der Waals surface area contributed by atoms with Crippen LogP contribution in [0, 0.1) is 5.92 Å². The van der Waals surface area contributed by atoms with Crippen molar-refractivity contribution in [1.29, 1.82) is 0 Å². The number of rotatable bonds is 1. The van der Waals surface area contributed by atoms with E-state index in [1.165, 1.54) is 0 Å². The normalized spacial score (nSPS) is 18.6. The summed E-state index contributed by atoms with van der Waals surface area (Å²) in [7, 11) is 1.62. The zero-order valence-corrected chi connectivity index (χ0v) is 9.93. The largest absolute Gasteiger partial charge is 0.491 e. The number of aromatic nitrogens is 2. The minimum atomic E-state index is 0.515. The maximum absolute atomic E-state index is 5.67. The summed E-state index contributed by atoms with van der Waals surface area (Å²) in [6.07, 6.45) is 2.77. The van der Waals surface area contributed by atoms with Gasteiger partial charge in [-0.25, -0.2) is 4.98 Å². The fraction of sp³-hybridized carbons (Fsp3) is 0.385. The molecule has 0 saturated carbocycles. The van der Waals surface area contributed by atoms with Crippen LogP contribution in [0.15, 0.2) is 18.3 Å². The molecule has 0 amide bonds. The molecule has 0 saturated heterocycles. The molecule has 0 aliphatic carbocycles. The highest BCUT2D eigenvalue weighted by atomic mass is 16.5. The highest BCUT2D eigenvalue weighted by molar-refractivity contribution is 5.80. The van der Waals surface area contributed by atoms with Crippen molar-refractivity contribution in [2.45, 2.75) is 13.3 Å². The lowest BCUT2D eigenvalue weighted by molar-refractivity contribution is 0.234. The van der Waals surface area contributed by atoms with Crippen LogP contribution in [0.25, 0.3) is 11.0 Å². The molecule has 1 unspecified atom stereocenters. The van der Waals surface area contributed by atoms with Crippen molar-refractivity contribution in [3.63, 3.8) is 0 Å². The Labute approximate surface area is 99.6 Å². The molecule has 4 heteroatoms. The van der Waals surface area contributed by atoms with E-state index in [0.717, 1.165) is 35.4 Å². The van der Waals surface area contributed by atoms with Crippen LogP contribution in [-0.4, -0.2) is 23.7 Å². The van der Waals surface area contributed by atoms with Crippen molar-refractivity contribution >= 4 is 11.0 Å². The van der Waals surface area contributed by atoms with Crippen molar-refractivity contribution in [2.75, 3.05) is 13.7 Å². The average molecular weight is 230 g/mol. The molecule has 0 spiro atoms. The summed E-state index contributed by atoms with van der Waals surface area (Å²) < 4.78 is 10.8. The summed E-state index contributed by atoms with van der Waals surface area (Å²) in [5.41, 5.74) is 2.93. The number of ether oxygens (including phenoxy) is 2. The lowest BCUT2D eigenvalue weighted by Gasteiger charge is -2.22. The molecule has 0 fully saturated rings. The summed E-state index contributed by atoms with van der Waals surface area (Å²) in [5, 5.41) is 0. The maximum atomic E-state index is 5.67. The number of hydrogen-bond donors (Lipinski definition) is 0. The van der Waals surface area contributed by atoms with Crippen LogP contribution in [0.2, 0.25) is 0 Å². The fourth-order valence-electron chi connectivity index (χ4n) is 2.16. The first kappa shape index (κ1) is 10.3. The van der Waals surface area contributed by atoms with Gasteiger partial charge in [-0.05, 0) is 18.4 Å². The second-order valence-corrected chi connectivity index (χ2v) is 4.44. The number of hydrogen-bond acceptors (Lipinski definition) is 4. The lowest BCUT2D eigenvalue weighted by atomic mass is 9.98. The predicted molar refractivity (Wildman–Crippen MR) is 64.5 cm³/mol. The molecule has 4 nitrogen and oxygen atoms in total. The van der Waals surface area contributed by atoms with Gasteiger partial charge >= 0.3 is 0 Å². The molecule has 0 radical (unpaired) electrons. The number of pyridine rings is 2. The van der Waals surface area contributed by atoms with Crippen molar-refractivity contribution < 1.29 is 9.47 Å². The fourth-order valence-corrected chi connectivity index (χ4v) is 2.16. The molecular weight excluding hydrogens is 216 g/mol. The Hall–Kier alpha value is -1.84. The molecule has 2 aromatic heterocycles. The van der Waals surface area contributed by atoms with E-state index in [9.17, 15) is 0 Å². The molecule has 3 heterocycles. The first-order valence-corrected chi connectivity index (χ1v) is 5.73. The van der Waals surface area contributed by atoms with Crippen LogP contribution in [0.1, 0.15) is 12.5 Å². The van der Waals surface area contributed by atoms with Gasteiger partial charge in [-0.15, -0.1) is 0 Å². The molecule has 0 bridgehead atoms.